The van der Waals surface area contributed by atoms with E-state index in [1.807, 2.05) is 11.8 Å². The van der Waals surface area contributed by atoms with E-state index in [4.69, 9.17) is 43.7 Å². The largest absolute Gasteiger partial charge is 0.414 e. The number of rotatable bonds is 12. The Morgan fingerprint density at radius 3 is 1.83 bits per heavy atom. The average Bonchev–Trinajstić information content (AvgIpc) is 3.98. The first kappa shape index (κ1) is 51.1. The van der Waals surface area contributed by atoms with Crippen LogP contribution in [0.15, 0.2) is 22.9 Å². The van der Waals surface area contributed by atoms with Gasteiger partial charge in [-0.25, -0.2) is 9.97 Å². The molecule has 5 saturated heterocycles. The molecule has 26 nitrogen and oxygen atoms in total. The van der Waals surface area contributed by atoms with Crippen molar-refractivity contribution in [2.45, 2.75) is 159 Å². The summed E-state index contributed by atoms with van der Waals surface area (Å²) in [5, 5.41) is 30.8. The van der Waals surface area contributed by atoms with Gasteiger partial charge in [0.25, 0.3) is 0 Å². The lowest BCUT2D eigenvalue weighted by molar-refractivity contribution is -0.114. The number of carbonyl (C=O) groups is 1. The maximum atomic E-state index is 12.0. The molecule has 0 aromatic carbocycles. The highest BCUT2D eigenvalue weighted by atomic mass is 28.5. The van der Waals surface area contributed by atoms with Gasteiger partial charge in [-0.05, 0) is 59.9 Å². The van der Waals surface area contributed by atoms with E-state index in [-0.39, 0.29) is 46.6 Å². The summed E-state index contributed by atoms with van der Waals surface area (Å²) in [4.78, 5) is 49.2. The minimum atomic E-state index is -3.03. The van der Waals surface area contributed by atoms with Crippen molar-refractivity contribution < 1.29 is 37.4 Å². The third-order valence-electron chi connectivity index (χ3n) is 14.4. The van der Waals surface area contributed by atoms with Crippen molar-refractivity contribution in [3.8, 4) is 0 Å². The number of nitrogens with two attached hydrogens (primary N) is 1. The van der Waals surface area contributed by atoms with Crippen LogP contribution in [0.2, 0.25) is 22.2 Å². The van der Waals surface area contributed by atoms with Gasteiger partial charge in [-0.1, -0.05) is 65.6 Å². The van der Waals surface area contributed by atoms with Crippen LogP contribution < -0.4 is 20.9 Å². The number of azide groups is 2. The van der Waals surface area contributed by atoms with Gasteiger partial charge < -0.3 is 48.2 Å². The maximum Gasteiger partial charge on any atom is 0.335 e. The van der Waals surface area contributed by atoms with Gasteiger partial charge in [0.15, 0.2) is 46.4 Å². The molecule has 0 radical (unpaired) electrons. The number of nitrogens with one attached hydrogen (secondary N) is 1. The molecular formula is C42H66N18O8Si2. The van der Waals surface area contributed by atoms with Crippen LogP contribution in [0, 0.1) is 0 Å². The molecule has 9 rings (SSSR count). The molecule has 1 amide bonds. The molecule has 0 aliphatic carbocycles. The second-order valence-corrected chi connectivity index (χ2v) is 29.2. The van der Waals surface area contributed by atoms with E-state index in [2.05, 4.69) is 106 Å². The summed E-state index contributed by atoms with van der Waals surface area (Å²) in [5.74, 6) is 1.26. The third kappa shape index (κ3) is 8.50. The standard InChI is InChI=1S/C28H47N9O5Si2.C14H19N9O3/c1-16(2)43(17(3)4)39-14-21-23(41-44(42-43,18(5)6)19(7)8)28(10,34-35-29)26(40-21)37-15-30-22-24(36-12-11-13-36)32-27(31-20(9)38)33-25(22)37;1-14(20-21-16)9(25)7(5-24)26-12(14)23-6-17-8-10(22-3-2-4-22)18-13(15)19-11(8)23/h15-19,21,23,26H,11-14H2,1-10H3,(H,31,32,33,38);6-7,9,12,24-25H,2-5H2,1H3,(H2,15,18,19)/t21-,23-,26-,28-;7-,9-,12-,14-/m11/s1. The van der Waals surface area contributed by atoms with Gasteiger partial charge >= 0.3 is 17.1 Å². The summed E-state index contributed by atoms with van der Waals surface area (Å²) in [5.41, 5.74) is 24.7. The molecule has 8 atom stereocenters. The topological polar surface area (TPSA) is 333 Å². The van der Waals surface area contributed by atoms with Gasteiger partial charge in [0, 0.05) is 42.9 Å². The van der Waals surface area contributed by atoms with E-state index in [9.17, 15) is 20.5 Å². The second-order valence-electron chi connectivity index (χ2n) is 20.3. The van der Waals surface area contributed by atoms with E-state index >= 15 is 0 Å². The highest BCUT2D eigenvalue weighted by Crippen LogP contribution is 2.52. The lowest BCUT2D eigenvalue weighted by Gasteiger charge is -2.52. The summed E-state index contributed by atoms with van der Waals surface area (Å²) in [6, 6.07) is 0. The van der Waals surface area contributed by atoms with Crippen LogP contribution >= 0.6 is 0 Å². The molecule has 380 valence electrons. The number of hydrogen-bond donors (Lipinski definition) is 4. The number of nitrogens with zero attached hydrogens (tertiary/aromatic N) is 16. The van der Waals surface area contributed by atoms with Crippen LogP contribution in [0.3, 0.4) is 0 Å². The number of anilines is 4. The maximum absolute atomic E-state index is 12.0. The van der Waals surface area contributed by atoms with Crippen molar-refractivity contribution in [1.29, 1.82) is 0 Å². The second kappa shape index (κ2) is 19.4. The number of aromatic nitrogens is 8. The number of fused-ring (bicyclic) bond motifs is 3. The smallest absolute Gasteiger partial charge is 0.335 e. The Balaban J connectivity index is 0.000000214. The minimum Gasteiger partial charge on any atom is -0.414 e. The summed E-state index contributed by atoms with van der Waals surface area (Å²) in [6.07, 6.45) is 0.206. The SMILES string of the molecule is CC(=O)Nc1nc(N2CCC2)c2ncn([C@@H]3O[C@@H]4CO[Si](C(C)C)(C(C)C)O[Si](C(C)C)(C(C)C)O[C@H]4[C@@]3(C)N=[N+]=[N-])c2n1.C[C@@]1(N=[N+]=[N-])[C@H](O)[C@@H](CO)O[C@H]1n1cnc2c(N3CCC3)nc(N)nc21. The molecule has 5 N–H and O–H groups in total. The molecule has 5 aliphatic rings. The summed E-state index contributed by atoms with van der Waals surface area (Å²) in [7, 11) is -5.84. The fraction of sp³-hybridized carbons (Fsp3) is 0.738. The van der Waals surface area contributed by atoms with E-state index in [0.717, 1.165) is 39.0 Å². The van der Waals surface area contributed by atoms with E-state index in [1.54, 1.807) is 22.4 Å². The quantitative estimate of drug-likeness (QED) is 0.0559. The monoisotopic (exact) mass is 1010 g/mol. The number of hydrogen-bond acceptors (Lipinski definition) is 19. The summed E-state index contributed by atoms with van der Waals surface area (Å²) < 4.78 is 37.5. The van der Waals surface area contributed by atoms with Crippen LogP contribution in [-0.2, 0) is 27.2 Å². The van der Waals surface area contributed by atoms with Crippen molar-refractivity contribution in [2.75, 3.05) is 60.2 Å². The normalized spacial score (nSPS) is 29.2. The van der Waals surface area contributed by atoms with Crippen LogP contribution in [0.4, 0.5) is 23.5 Å². The fourth-order valence-electron chi connectivity index (χ4n) is 10.4. The predicted molar refractivity (Wildman–Crippen MR) is 263 cm³/mol. The molecule has 70 heavy (non-hydrogen) atoms. The zero-order valence-electron chi connectivity index (χ0n) is 41.7. The van der Waals surface area contributed by atoms with Crippen LogP contribution in [0.25, 0.3) is 43.2 Å². The van der Waals surface area contributed by atoms with Gasteiger partial charge in [-0.3, -0.25) is 19.2 Å². The lowest BCUT2D eigenvalue weighted by atomic mass is 9.93. The summed E-state index contributed by atoms with van der Waals surface area (Å²) in [6.45, 7) is 25.4. The molecule has 0 unspecified atom stereocenters. The first-order chi connectivity index (χ1) is 33.2. The number of aliphatic hydroxyl groups excluding tert-OH is 2. The number of aliphatic hydroxyl groups is 2. The first-order valence-corrected chi connectivity index (χ1v) is 27.9. The van der Waals surface area contributed by atoms with Gasteiger partial charge in [-0.15, -0.1) is 0 Å². The molecule has 4 aromatic rings. The van der Waals surface area contributed by atoms with E-state index in [1.165, 1.54) is 13.3 Å². The zero-order valence-corrected chi connectivity index (χ0v) is 43.7. The number of amides is 1. The van der Waals surface area contributed by atoms with Gasteiger partial charge in [0.1, 0.15) is 23.3 Å². The highest BCUT2D eigenvalue weighted by molar-refractivity contribution is 6.84. The molecule has 5 fully saturated rings. The Morgan fingerprint density at radius 1 is 0.829 bits per heavy atom. The molecule has 4 aromatic heterocycles. The van der Waals surface area contributed by atoms with E-state index in [0.29, 0.717) is 34.0 Å². The van der Waals surface area contributed by atoms with Crippen molar-refractivity contribution in [2.24, 2.45) is 10.2 Å². The molecule has 0 spiro atoms. The Hall–Kier alpha value is -5.26. The van der Waals surface area contributed by atoms with Crippen molar-refractivity contribution >= 4 is 68.9 Å². The molecule has 0 saturated carbocycles. The van der Waals surface area contributed by atoms with E-state index < -0.39 is 71.7 Å². The minimum absolute atomic E-state index is 0.0869. The third-order valence-corrected chi connectivity index (χ3v) is 24.7. The van der Waals surface area contributed by atoms with Crippen molar-refractivity contribution in [3.63, 3.8) is 0 Å². The molecule has 0 bridgehead atoms. The predicted octanol–water partition coefficient (Wildman–Crippen LogP) is 5.86. The average molecular weight is 1010 g/mol. The van der Waals surface area contributed by atoms with Crippen molar-refractivity contribution in [1.82, 2.24) is 39.0 Å². The Morgan fingerprint density at radius 2 is 1.34 bits per heavy atom. The van der Waals surface area contributed by atoms with Crippen LogP contribution in [0.1, 0.15) is 101 Å². The summed E-state index contributed by atoms with van der Waals surface area (Å²) >= 11 is 0. The van der Waals surface area contributed by atoms with Gasteiger partial charge in [0.2, 0.25) is 17.8 Å². The zero-order chi connectivity index (χ0) is 50.7. The lowest BCUT2D eigenvalue weighted by Crippen LogP contribution is -2.66. The number of ether oxygens (including phenoxy) is 2. The first-order valence-electron chi connectivity index (χ1n) is 24.0. The van der Waals surface area contributed by atoms with Gasteiger partial charge in [-0.2, -0.15) is 19.9 Å². The van der Waals surface area contributed by atoms with Gasteiger partial charge in [0.05, 0.1) is 38.1 Å². The highest BCUT2D eigenvalue weighted by Gasteiger charge is 2.65. The number of nitrogen functional groups attached to an aromatic ring is 1. The Bertz CT molecular complexity index is 2670. The fourth-order valence-corrected chi connectivity index (χ4v) is 21.6. The molecule has 5 aliphatic heterocycles. The Labute approximate surface area is 407 Å². The number of imidazole rings is 2. The Kier molecular flexibility index (Phi) is 14.2. The van der Waals surface area contributed by atoms with Crippen LogP contribution in [0.5, 0.6) is 0 Å². The molecule has 9 heterocycles. The van der Waals surface area contributed by atoms with Crippen LogP contribution in [-0.4, -0.2) is 147 Å². The molecule has 28 heteroatoms. The van der Waals surface area contributed by atoms with Crippen molar-refractivity contribution in [3.05, 3.63) is 33.5 Å². The molecular weight excluding hydrogens is 941 g/mol. The number of carbonyl (C=O) groups excluding carboxylic acids is 1.